The number of benzene rings is 3. The van der Waals surface area contributed by atoms with Gasteiger partial charge in [0.1, 0.15) is 24.5 Å². The Balaban J connectivity index is 1.49. The summed E-state index contributed by atoms with van der Waals surface area (Å²) in [6.45, 7) is 1.45. The summed E-state index contributed by atoms with van der Waals surface area (Å²) in [7, 11) is 1.19. The molecule has 6 rings (SSSR count). The van der Waals surface area contributed by atoms with Crippen LogP contribution in [0.4, 0.5) is 10.6 Å². The summed E-state index contributed by atoms with van der Waals surface area (Å²) in [5, 5.41) is 0.621. The molecular weight excluding hydrogens is 526 g/mol. The molecule has 0 spiro atoms. The maximum atomic E-state index is 14.2. The summed E-state index contributed by atoms with van der Waals surface area (Å²) in [6, 6.07) is 20.1. The summed E-state index contributed by atoms with van der Waals surface area (Å²) in [5.41, 5.74) is 2.15. The Morgan fingerprint density at radius 3 is 2.15 bits per heavy atom. The van der Waals surface area contributed by atoms with Gasteiger partial charge in [0.15, 0.2) is 0 Å². The highest BCUT2D eigenvalue weighted by Crippen LogP contribution is 2.41. The lowest BCUT2D eigenvalue weighted by Crippen LogP contribution is -2.59. The first-order valence-corrected chi connectivity index (χ1v) is 13.0. The standard InChI is InChI=1S/C31H25N3O7/c1-18(30(38)40-2)32-26-23(16-25(29(32)37)34-27(35)21-13-6-7-14-22(21)28(34)36)20-12-8-9-15-24(20)33(26)31(39)41-17-19-10-4-3-5-11-19/h3-15,18,25H,16-17H2,1-2H3/t18-,25-/m1/s1. The van der Waals surface area contributed by atoms with Gasteiger partial charge in [-0.15, -0.1) is 0 Å². The number of amides is 3. The Kier molecular flexibility index (Phi) is 6.37. The number of carbonyl (C=O) groups is 5. The molecule has 3 heterocycles. The Hall–Kier alpha value is -5.25. The molecule has 0 aliphatic carbocycles. The number of hydrogen-bond donors (Lipinski definition) is 0. The molecule has 3 amide bonds. The fourth-order valence-corrected chi connectivity index (χ4v) is 5.60. The van der Waals surface area contributed by atoms with Gasteiger partial charge in [0.25, 0.3) is 17.7 Å². The number of ether oxygens (including phenoxy) is 2. The van der Waals surface area contributed by atoms with Gasteiger partial charge < -0.3 is 9.47 Å². The fraction of sp³-hybridized carbons (Fsp3) is 0.194. The third kappa shape index (κ3) is 4.07. The van der Waals surface area contributed by atoms with Crippen molar-refractivity contribution in [2.45, 2.75) is 32.0 Å². The van der Waals surface area contributed by atoms with Crippen LogP contribution in [0, 0.1) is 0 Å². The minimum absolute atomic E-state index is 0.0148. The first-order chi connectivity index (χ1) is 19.8. The zero-order valence-electron chi connectivity index (χ0n) is 22.3. The van der Waals surface area contributed by atoms with Crippen molar-refractivity contribution in [1.29, 1.82) is 0 Å². The van der Waals surface area contributed by atoms with Crippen molar-refractivity contribution in [2.24, 2.45) is 0 Å². The molecule has 2 aliphatic heterocycles. The molecule has 0 bridgehead atoms. The molecule has 0 fully saturated rings. The molecule has 0 saturated carbocycles. The topological polar surface area (TPSA) is 115 Å². The zero-order valence-corrected chi connectivity index (χ0v) is 22.3. The van der Waals surface area contributed by atoms with E-state index in [1.165, 1.54) is 30.7 Å². The van der Waals surface area contributed by atoms with Crippen molar-refractivity contribution in [3.8, 4) is 0 Å². The van der Waals surface area contributed by atoms with Gasteiger partial charge in [0, 0.05) is 17.4 Å². The summed E-state index contributed by atoms with van der Waals surface area (Å²) in [6.07, 6.45) is -0.802. The molecule has 0 N–H and O–H groups in total. The smallest absolute Gasteiger partial charge is 0.420 e. The molecule has 0 radical (unpaired) electrons. The molecule has 0 unspecified atom stereocenters. The highest BCUT2D eigenvalue weighted by molar-refractivity contribution is 6.24. The van der Waals surface area contributed by atoms with Gasteiger partial charge in [-0.1, -0.05) is 60.7 Å². The number of imide groups is 1. The van der Waals surface area contributed by atoms with E-state index in [1.807, 2.05) is 30.3 Å². The number of hydrogen-bond acceptors (Lipinski definition) is 7. The number of aromatic nitrogens is 1. The highest BCUT2D eigenvalue weighted by Gasteiger charge is 2.50. The molecule has 10 nitrogen and oxygen atoms in total. The monoisotopic (exact) mass is 551 g/mol. The first-order valence-electron chi connectivity index (χ1n) is 13.0. The average Bonchev–Trinajstić information content (AvgIpc) is 3.46. The Labute approximate surface area is 234 Å². The van der Waals surface area contributed by atoms with Crippen LogP contribution in [0.1, 0.15) is 38.8 Å². The van der Waals surface area contributed by atoms with E-state index in [-0.39, 0.29) is 30.0 Å². The zero-order chi connectivity index (χ0) is 28.8. The molecule has 4 aromatic rings. The molecule has 10 heteroatoms. The number of methoxy groups -OCH3 is 1. The van der Waals surface area contributed by atoms with Crippen LogP contribution >= 0.6 is 0 Å². The van der Waals surface area contributed by atoms with Gasteiger partial charge >= 0.3 is 12.1 Å². The number of esters is 1. The lowest BCUT2D eigenvalue weighted by molar-refractivity contribution is -0.143. The molecule has 2 aliphatic rings. The first kappa shape index (κ1) is 26.0. The SMILES string of the molecule is COC(=O)[C@@H](C)N1C(=O)[C@H](N2C(=O)c3ccccc3C2=O)Cc2c1n(C(=O)OCc1ccccc1)c1ccccc21. The van der Waals surface area contributed by atoms with E-state index in [9.17, 15) is 24.0 Å². The molecule has 206 valence electrons. The number of nitrogens with zero attached hydrogens (tertiary/aromatic N) is 3. The number of anilines is 1. The highest BCUT2D eigenvalue weighted by atomic mass is 16.5. The van der Waals surface area contributed by atoms with Crippen molar-refractivity contribution < 1.29 is 33.4 Å². The normalized spacial score (nSPS) is 16.9. The van der Waals surface area contributed by atoms with Crippen LogP contribution in [-0.4, -0.2) is 58.4 Å². The van der Waals surface area contributed by atoms with Crippen molar-refractivity contribution in [3.63, 3.8) is 0 Å². The van der Waals surface area contributed by atoms with Crippen molar-refractivity contribution in [2.75, 3.05) is 12.0 Å². The third-order valence-electron chi connectivity index (χ3n) is 7.55. The van der Waals surface area contributed by atoms with Crippen LogP contribution in [0.25, 0.3) is 10.9 Å². The van der Waals surface area contributed by atoms with Crippen molar-refractivity contribution >= 4 is 46.5 Å². The van der Waals surface area contributed by atoms with Gasteiger partial charge in [-0.25, -0.2) is 14.2 Å². The van der Waals surface area contributed by atoms with E-state index in [4.69, 9.17) is 9.47 Å². The van der Waals surface area contributed by atoms with Gasteiger partial charge in [-0.3, -0.25) is 24.2 Å². The summed E-state index contributed by atoms with van der Waals surface area (Å²) in [4.78, 5) is 69.5. The molecule has 41 heavy (non-hydrogen) atoms. The van der Waals surface area contributed by atoms with Crippen LogP contribution in [-0.2, 0) is 32.1 Å². The number of fused-ring (bicyclic) bond motifs is 4. The second-order valence-corrected chi connectivity index (χ2v) is 9.85. The number of carbonyl (C=O) groups excluding carboxylic acids is 5. The van der Waals surface area contributed by atoms with Gasteiger partial charge in [-0.2, -0.15) is 0 Å². The lowest BCUT2D eigenvalue weighted by Gasteiger charge is -2.38. The van der Waals surface area contributed by atoms with Gasteiger partial charge in [-0.05, 0) is 30.7 Å². The van der Waals surface area contributed by atoms with E-state index in [1.54, 1.807) is 36.4 Å². The summed E-state index contributed by atoms with van der Waals surface area (Å²) < 4.78 is 11.9. The molecule has 3 aromatic carbocycles. The predicted octanol–water partition coefficient (Wildman–Crippen LogP) is 3.94. The minimum atomic E-state index is -1.25. The van der Waals surface area contributed by atoms with E-state index >= 15 is 0 Å². The quantitative estimate of drug-likeness (QED) is 0.273. The van der Waals surface area contributed by atoms with Crippen LogP contribution in [0.3, 0.4) is 0 Å². The summed E-state index contributed by atoms with van der Waals surface area (Å²) in [5.74, 6) is -2.47. The third-order valence-corrected chi connectivity index (χ3v) is 7.55. The van der Waals surface area contributed by atoms with Crippen LogP contribution in [0.2, 0.25) is 0 Å². The van der Waals surface area contributed by atoms with Crippen LogP contribution in [0.15, 0.2) is 78.9 Å². The summed E-state index contributed by atoms with van der Waals surface area (Å²) >= 11 is 0. The maximum absolute atomic E-state index is 14.2. The lowest BCUT2D eigenvalue weighted by atomic mass is 9.96. The van der Waals surface area contributed by atoms with E-state index in [0.29, 0.717) is 16.5 Å². The average molecular weight is 552 g/mol. The Morgan fingerprint density at radius 1 is 0.878 bits per heavy atom. The van der Waals surface area contributed by atoms with Gasteiger partial charge in [0.05, 0.1) is 23.8 Å². The minimum Gasteiger partial charge on any atom is -0.467 e. The fourth-order valence-electron chi connectivity index (χ4n) is 5.60. The number of rotatable bonds is 5. The molecular formula is C31H25N3O7. The number of para-hydroxylation sites is 1. The van der Waals surface area contributed by atoms with Crippen LogP contribution < -0.4 is 4.90 Å². The van der Waals surface area contributed by atoms with Crippen molar-refractivity contribution in [1.82, 2.24) is 9.47 Å². The Morgan fingerprint density at radius 2 is 1.49 bits per heavy atom. The maximum Gasteiger partial charge on any atom is 0.420 e. The molecule has 2 atom stereocenters. The van der Waals surface area contributed by atoms with E-state index < -0.39 is 41.9 Å². The van der Waals surface area contributed by atoms with Crippen molar-refractivity contribution in [3.05, 3.63) is 101 Å². The predicted molar refractivity (Wildman–Crippen MR) is 147 cm³/mol. The second-order valence-electron chi connectivity index (χ2n) is 9.85. The van der Waals surface area contributed by atoms with E-state index in [2.05, 4.69) is 0 Å². The molecule has 0 saturated heterocycles. The largest absolute Gasteiger partial charge is 0.467 e. The van der Waals surface area contributed by atoms with Crippen LogP contribution in [0.5, 0.6) is 0 Å². The Bertz CT molecular complexity index is 1710. The second kappa shape index (κ2) is 10.1. The van der Waals surface area contributed by atoms with E-state index in [0.717, 1.165) is 15.4 Å². The molecule has 1 aromatic heterocycles. The van der Waals surface area contributed by atoms with Gasteiger partial charge in [0.2, 0.25) is 0 Å².